The van der Waals surface area contributed by atoms with Gasteiger partial charge in [-0.3, -0.25) is 4.79 Å². The summed E-state index contributed by atoms with van der Waals surface area (Å²) in [5.41, 5.74) is 2.86. The summed E-state index contributed by atoms with van der Waals surface area (Å²) in [6.45, 7) is 0. The van der Waals surface area contributed by atoms with Gasteiger partial charge in [0.25, 0.3) is 5.91 Å². The largest absolute Gasteiger partial charge is 0.464 e. The van der Waals surface area contributed by atoms with Crippen molar-refractivity contribution in [3.63, 3.8) is 0 Å². The van der Waals surface area contributed by atoms with E-state index in [4.69, 9.17) is 4.74 Å². The zero-order valence-corrected chi connectivity index (χ0v) is 15.6. The van der Waals surface area contributed by atoms with Gasteiger partial charge in [-0.1, -0.05) is 48.5 Å². The van der Waals surface area contributed by atoms with Gasteiger partial charge in [-0.05, 0) is 12.1 Å². The molecule has 2 heterocycles. The zero-order chi connectivity index (χ0) is 20.2. The molecule has 1 aromatic heterocycles. The Bertz CT molecular complexity index is 1150. The third-order valence-corrected chi connectivity index (χ3v) is 4.45. The Balaban J connectivity index is 1.77. The van der Waals surface area contributed by atoms with E-state index in [-0.39, 0.29) is 17.4 Å². The van der Waals surface area contributed by atoms with Crippen molar-refractivity contribution in [3.8, 4) is 11.3 Å². The minimum Gasteiger partial charge on any atom is -0.464 e. The maximum Gasteiger partial charge on any atom is 0.358 e. The van der Waals surface area contributed by atoms with E-state index in [1.54, 1.807) is 12.3 Å². The lowest BCUT2D eigenvalue weighted by molar-refractivity contribution is -0.136. The fraction of sp³-hybridized carbons (Fsp3) is 0.0455. The van der Waals surface area contributed by atoms with Crippen LogP contribution in [0.25, 0.3) is 22.2 Å². The van der Waals surface area contributed by atoms with Crippen LogP contribution in [0.2, 0.25) is 0 Å². The lowest BCUT2D eigenvalue weighted by Gasteiger charge is -2.18. The van der Waals surface area contributed by atoms with E-state index < -0.39 is 5.97 Å². The number of esters is 1. The highest BCUT2D eigenvalue weighted by molar-refractivity contribution is 6.08. The summed E-state index contributed by atoms with van der Waals surface area (Å²) in [6, 6.07) is 18.8. The second-order valence-corrected chi connectivity index (χ2v) is 6.26. The number of hydrogen-bond donors (Lipinski definition) is 3. The number of nitrogens with zero attached hydrogens (tertiary/aromatic N) is 1. The molecule has 0 spiro atoms. The summed E-state index contributed by atoms with van der Waals surface area (Å²) in [4.78, 5) is 29.8. The molecule has 0 saturated heterocycles. The fourth-order valence-electron chi connectivity index (χ4n) is 3.06. The van der Waals surface area contributed by atoms with Crippen LogP contribution < -0.4 is 16.0 Å². The van der Waals surface area contributed by atoms with Gasteiger partial charge in [-0.25, -0.2) is 9.78 Å². The van der Waals surface area contributed by atoms with E-state index >= 15 is 0 Å². The number of para-hydroxylation sites is 1. The highest BCUT2D eigenvalue weighted by atomic mass is 16.5. The van der Waals surface area contributed by atoms with Gasteiger partial charge < -0.3 is 20.7 Å². The molecule has 0 fully saturated rings. The fourth-order valence-corrected chi connectivity index (χ4v) is 3.06. The SMILES string of the molecule is COC(=O)C1=C(NC(=O)c2cc(-c3ccccc3)nc3ccccc23)NC=CN1. The Kier molecular flexibility index (Phi) is 4.94. The summed E-state index contributed by atoms with van der Waals surface area (Å²) in [5.74, 6) is -0.755. The molecule has 0 atom stereocenters. The first-order valence-corrected chi connectivity index (χ1v) is 8.94. The molecule has 0 radical (unpaired) electrons. The molecule has 0 saturated carbocycles. The molecular weight excluding hydrogens is 368 g/mol. The van der Waals surface area contributed by atoms with E-state index in [1.807, 2.05) is 54.6 Å². The Morgan fingerprint density at radius 1 is 0.966 bits per heavy atom. The number of carbonyl (C=O) groups is 2. The lowest BCUT2D eigenvalue weighted by Crippen LogP contribution is -2.37. The third kappa shape index (κ3) is 3.66. The molecule has 29 heavy (non-hydrogen) atoms. The van der Waals surface area contributed by atoms with Crippen LogP contribution in [0.4, 0.5) is 0 Å². The number of carbonyl (C=O) groups excluding carboxylic acids is 2. The number of ether oxygens (including phenoxy) is 1. The number of benzene rings is 2. The summed E-state index contributed by atoms with van der Waals surface area (Å²) in [7, 11) is 1.28. The average molecular weight is 386 g/mol. The van der Waals surface area contributed by atoms with E-state index in [0.717, 1.165) is 5.56 Å². The minimum absolute atomic E-state index is 0.116. The van der Waals surface area contributed by atoms with Crippen LogP contribution in [-0.2, 0) is 9.53 Å². The number of pyridine rings is 1. The molecule has 0 aliphatic carbocycles. The average Bonchev–Trinajstić information content (AvgIpc) is 2.78. The van der Waals surface area contributed by atoms with Crippen LogP contribution in [0.5, 0.6) is 0 Å². The second-order valence-electron chi connectivity index (χ2n) is 6.26. The Hall–Kier alpha value is -4.13. The lowest BCUT2D eigenvalue weighted by atomic mass is 10.0. The summed E-state index contributed by atoms with van der Waals surface area (Å²) >= 11 is 0. The zero-order valence-electron chi connectivity index (χ0n) is 15.6. The molecule has 1 aliphatic heterocycles. The highest BCUT2D eigenvalue weighted by Crippen LogP contribution is 2.25. The van der Waals surface area contributed by atoms with Gasteiger partial charge in [0.2, 0.25) is 0 Å². The Morgan fingerprint density at radius 2 is 1.69 bits per heavy atom. The monoisotopic (exact) mass is 386 g/mol. The summed E-state index contributed by atoms with van der Waals surface area (Å²) < 4.78 is 4.76. The molecule has 3 N–H and O–H groups in total. The topological polar surface area (TPSA) is 92.3 Å². The van der Waals surface area contributed by atoms with Gasteiger partial charge >= 0.3 is 5.97 Å². The van der Waals surface area contributed by atoms with Crippen LogP contribution in [0, 0.1) is 0 Å². The molecule has 144 valence electrons. The van der Waals surface area contributed by atoms with Gasteiger partial charge in [0.05, 0.1) is 23.9 Å². The first-order valence-electron chi connectivity index (χ1n) is 8.94. The van der Waals surface area contributed by atoms with Gasteiger partial charge in [-0.2, -0.15) is 0 Å². The van der Waals surface area contributed by atoms with Crippen molar-refractivity contribution in [2.75, 3.05) is 7.11 Å². The molecule has 1 amide bonds. The number of amides is 1. The second kappa shape index (κ2) is 7.85. The standard InChI is InChI=1S/C22H18N4O3/c1-29-22(28)19-20(24-12-11-23-19)26-21(27)16-13-18(14-7-3-2-4-8-14)25-17-10-6-5-9-15(16)17/h2-13,23-24H,1H3,(H,26,27). The molecule has 2 aromatic carbocycles. The molecular formula is C22H18N4O3. The molecule has 3 aromatic rings. The van der Waals surface area contributed by atoms with Gasteiger partial charge in [0.15, 0.2) is 5.70 Å². The first-order chi connectivity index (χ1) is 14.2. The predicted octanol–water partition coefficient (Wildman–Crippen LogP) is 2.64. The van der Waals surface area contributed by atoms with Gasteiger partial charge in [0, 0.05) is 23.3 Å². The number of fused-ring (bicyclic) bond motifs is 1. The molecule has 1 aliphatic rings. The predicted molar refractivity (Wildman–Crippen MR) is 109 cm³/mol. The van der Waals surface area contributed by atoms with Crippen LogP contribution in [0.15, 0.2) is 84.6 Å². The van der Waals surface area contributed by atoms with E-state index in [0.29, 0.717) is 22.2 Å². The quantitative estimate of drug-likeness (QED) is 0.597. The van der Waals surface area contributed by atoms with E-state index in [2.05, 4.69) is 20.9 Å². The smallest absolute Gasteiger partial charge is 0.358 e. The first kappa shape index (κ1) is 18.2. The van der Waals surface area contributed by atoms with Crippen molar-refractivity contribution >= 4 is 22.8 Å². The highest BCUT2D eigenvalue weighted by Gasteiger charge is 2.21. The maximum absolute atomic E-state index is 13.1. The Labute approximate surface area is 167 Å². The van der Waals surface area contributed by atoms with E-state index in [9.17, 15) is 9.59 Å². The number of rotatable bonds is 4. The molecule has 0 bridgehead atoms. The third-order valence-electron chi connectivity index (χ3n) is 4.45. The van der Waals surface area contributed by atoms with Gasteiger partial charge in [0.1, 0.15) is 5.82 Å². The molecule has 4 rings (SSSR count). The molecule has 7 heteroatoms. The molecule has 7 nitrogen and oxygen atoms in total. The van der Waals surface area contributed by atoms with Crippen molar-refractivity contribution in [2.24, 2.45) is 0 Å². The normalized spacial score (nSPS) is 12.9. The van der Waals surface area contributed by atoms with Crippen molar-refractivity contribution in [3.05, 3.63) is 90.1 Å². The minimum atomic E-state index is -0.596. The van der Waals surface area contributed by atoms with Gasteiger partial charge in [-0.15, -0.1) is 0 Å². The van der Waals surface area contributed by atoms with Crippen molar-refractivity contribution in [1.82, 2.24) is 20.9 Å². The number of aromatic nitrogens is 1. The summed E-state index contributed by atoms with van der Waals surface area (Å²) in [5, 5.41) is 9.12. The number of nitrogens with one attached hydrogen (secondary N) is 3. The summed E-state index contributed by atoms with van der Waals surface area (Å²) in [6.07, 6.45) is 3.11. The van der Waals surface area contributed by atoms with Crippen LogP contribution in [-0.4, -0.2) is 24.0 Å². The van der Waals surface area contributed by atoms with Crippen LogP contribution in [0.1, 0.15) is 10.4 Å². The van der Waals surface area contributed by atoms with Crippen molar-refractivity contribution in [1.29, 1.82) is 0 Å². The van der Waals surface area contributed by atoms with Crippen molar-refractivity contribution < 1.29 is 14.3 Å². The maximum atomic E-state index is 13.1. The van der Waals surface area contributed by atoms with Crippen LogP contribution in [0.3, 0.4) is 0 Å². The number of methoxy groups -OCH3 is 1. The van der Waals surface area contributed by atoms with Crippen LogP contribution >= 0.6 is 0 Å². The number of hydrogen-bond acceptors (Lipinski definition) is 6. The molecule has 0 unspecified atom stereocenters. The Morgan fingerprint density at radius 3 is 2.48 bits per heavy atom. The van der Waals surface area contributed by atoms with E-state index in [1.165, 1.54) is 13.3 Å². The van der Waals surface area contributed by atoms with Crippen molar-refractivity contribution in [2.45, 2.75) is 0 Å².